The summed E-state index contributed by atoms with van der Waals surface area (Å²) in [6.45, 7) is 3.20. The molecule has 0 saturated carbocycles. The predicted octanol–water partition coefficient (Wildman–Crippen LogP) is 3.90. The Balaban J connectivity index is 1.82. The van der Waals surface area contributed by atoms with Crippen LogP contribution in [0.15, 0.2) is 66.9 Å². The minimum absolute atomic E-state index is 0.398. The van der Waals surface area contributed by atoms with Gasteiger partial charge in [0.1, 0.15) is 11.6 Å². The van der Waals surface area contributed by atoms with Gasteiger partial charge in [0.15, 0.2) is 0 Å². The maximum atomic E-state index is 12.1. The molecule has 5 nitrogen and oxygen atoms in total. The van der Waals surface area contributed by atoms with Crippen molar-refractivity contribution >= 4 is 11.7 Å². The van der Waals surface area contributed by atoms with Crippen molar-refractivity contribution in [3.63, 3.8) is 0 Å². The second-order valence-electron chi connectivity index (χ2n) is 6.07. The van der Waals surface area contributed by atoms with E-state index < -0.39 is 5.91 Å². The Morgan fingerprint density at radius 3 is 2.48 bits per heavy atom. The smallest absolute Gasteiger partial charge is 0.253 e. The lowest BCUT2D eigenvalue weighted by atomic mass is 10.00. The van der Waals surface area contributed by atoms with Gasteiger partial charge in [-0.15, -0.1) is 0 Å². The van der Waals surface area contributed by atoms with E-state index in [0.29, 0.717) is 24.5 Å². The van der Waals surface area contributed by atoms with Crippen LogP contribution in [0.4, 0.5) is 5.82 Å². The second-order valence-corrected chi connectivity index (χ2v) is 6.07. The molecule has 3 rings (SSSR count). The Morgan fingerprint density at radius 2 is 1.81 bits per heavy atom. The lowest BCUT2D eigenvalue weighted by Crippen LogP contribution is -2.18. The Morgan fingerprint density at radius 1 is 1.07 bits per heavy atom. The van der Waals surface area contributed by atoms with Crippen LogP contribution in [0.1, 0.15) is 22.8 Å². The summed E-state index contributed by atoms with van der Waals surface area (Å²) < 4.78 is 5.48. The molecule has 0 bridgehead atoms. The number of amides is 1. The largest absolute Gasteiger partial charge is 0.494 e. The summed E-state index contributed by atoms with van der Waals surface area (Å²) in [6.07, 6.45) is 2.51. The fourth-order valence-electron chi connectivity index (χ4n) is 2.95. The molecule has 0 unspecified atom stereocenters. The van der Waals surface area contributed by atoms with Crippen molar-refractivity contribution in [3.8, 4) is 16.9 Å². The van der Waals surface area contributed by atoms with E-state index in [1.165, 1.54) is 5.56 Å². The van der Waals surface area contributed by atoms with E-state index in [-0.39, 0.29) is 0 Å². The van der Waals surface area contributed by atoms with E-state index in [0.717, 1.165) is 23.3 Å². The highest BCUT2D eigenvalue weighted by Gasteiger charge is 2.16. The Labute approximate surface area is 159 Å². The predicted molar refractivity (Wildman–Crippen MR) is 108 cm³/mol. The van der Waals surface area contributed by atoms with Gasteiger partial charge in [0.2, 0.25) is 0 Å². The molecule has 0 atom stereocenters. The van der Waals surface area contributed by atoms with Crippen molar-refractivity contribution in [1.29, 1.82) is 0 Å². The molecule has 0 radical (unpaired) electrons. The van der Waals surface area contributed by atoms with Gasteiger partial charge in [-0.3, -0.25) is 4.79 Å². The highest BCUT2D eigenvalue weighted by Crippen LogP contribution is 2.29. The first-order chi connectivity index (χ1) is 13.2. The van der Waals surface area contributed by atoms with E-state index in [2.05, 4.69) is 22.4 Å². The summed E-state index contributed by atoms with van der Waals surface area (Å²) in [6, 6.07) is 19.5. The average molecular weight is 361 g/mol. The van der Waals surface area contributed by atoms with Crippen LogP contribution >= 0.6 is 0 Å². The maximum Gasteiger partial charge on any atom is 0.253 e. The number of hydrogen-bond donors (Lipinski definition) is 2. The third-order valence-electron chi connectivity index (χ3n) is 4.22. The van der Waals surface area contributed by atoms with Gasteiger partial charge in [0, 0.05) is 12.7 Å². The van der Waals surface area contributed by atoms with E-state index >= 15 is 0 Å². The molecule has 1 amide bonds. The number of nitrogens with zero attached hydrogens (tertiary/aromatic N) is 1. The molecule has 0 aliphatic carbocycles. The van der Waals surface area contributed by atoms with Crippen molar-refractivity contribution in [2.24, 2.45) is 5.73 Å². The average Bonchev–Trinajstić information content (AvgIpc) is 2.69. The van der Waals surface area contributed by atoms with E-state index in [1.54, 1.807) is 12.3 Å². The summed E-state index contributed by atoms with van der Waals surface area (Å²) in [5.41, 5.74) is 8.93. The van der Waals surface area contributed by atoms with Gasteiger partial charge in [-0.05, 0) is 48.2 Å². The van der Waals surface area contributed by atoms with Gasteiger partial charge in [0.05, 0.1) is 12.2 Å². The Bertz CT molecular complexity index is 893. The number of nitrogens with one attached hydrogen (secondary N) is 1. The molecule has 0 saturated heterocycles. The number of carbonyl (C=O) groups is 1. The van der Waals surface area contributed by atoms with Gasteiger partial charge >= 0.3 is 0 Å². The zero-order chi connectivity index (χ0) is 19.1. The highest BCUT2D eigenvalue weighted by atomic mass is 16.5. The van der Waals surface area contributed by atoms with Crippen LogP contribution in [0.3, 0.4) is 0 Å². The van der Waals surface area contributed by atoms with Crippen molar-refractivity contribution in [3.05, 3.63) is 78.0 Å². The number of ether oxygens (including phenoxy) is 1. The fraction of sp³-hybridized carbons (Fsp3) is 0.182. The molecule has 5 heteroatoms. The molecule has 0 aliphatic rings. The minimum Gasteiger partial charge on any atom is -0.494 e. The van der Waals surface area contributed by atoms with Crippen LogP contribution in [0, 0.1) is 0 Å². The molecule has 3 N–H and O–H groups in total. The molecule has 2 aromatic carbocycles. The van der Waals surface area contributed by atoms with Crippen LogP contribution in [-0.2, 0) is 6.42 Å². The molecule has 1 aromatic heterocycles. The van der Waals surface area contributed by atoms with Gasteiger partial charge in [-0.1, -0.05) is 42.5 Å². The summed E-state index contributed by atoms with van der Waals surface area (Å²) in [5.74, 6) is 0.788. The van der Waals surface area contributed by atoms with Crippen LogP contribution in [0.25, 0.3) is 11.1 Å². The molecule has 3 aromatic rings. The number of rotatable bonds is 8. The molecule has 138 valence electrons. The van der Waals surface area contributed by atoms with Crippen LogP contribution in [0.2, 0.25) is 0 Å². The summed E-state index contributed by atoms with van der Waals surface area (Å²) in [4.78, 5) is 16.5. The lowest BCUT2D eigenvalue weighted by molar-refractivity contribution is 0.100. The zero-order valence-corrected chi connectivity index (χ0v) is 15.3. The Kier molecular flexibility index (Phi) is 6.05. The second kappa shape index (κ2) is 8.85. The normalized spacial score (nSPS) is 10.4. The third kappa shape index (κ3) is 4.64. The van der Waals surface area contributed by atoms with Crippen LogP contribution in [-0.4, -0.2) is 24.0 Å². The van der Waals surface area contributed by atoms with E-state index in [1.807, 2.05) is 49.4 Å². The molecule has 0 aliphatic heterocycles. The monoisotopic (exact) mass is 361 g/mol. The number of hydrogen-bond acceptors (Lipinski definition) is 4. The summed E-state index contributed by atoms with van der Waals surface area (Å²) >= 11 is 0. The van der Waals surface area contributed by atoms with Crippen molar-refractivity contribution < 1.29 is 9.53 Å². The number of anilines is 1. The fourth-order valence-corrected chi connectivity index (χ4v) is 2.95. The summed E-state index contributed by atoms with van der Waals surface area (Å²) in [7, 11) is 0. The molecular formula is C22H23N3O2. The highest BCUT2D eigenvalue weighted by molar-refractivity contribution is 6.04. The third-order valence-corrected chi connectivity index (χ3v) is 4.22. The van der Waals surface area contributed by atoms with Gasteiger partial charge < -0.3 is 15.8 Å². The number of benzene rings is 2. The standard InChI is InChI=1S/C22H23N3O2/c1-2-27-18-10-8-17(9-11-18)19-13-15-25-22(20(19)21(23)26)24-14-12-16-6-4-3-5-7-16/h3-11,13,15H,2,12,14H2,1H3,(H2,23,26)(H,24,25). The molecule has 1 heterocycles. The Hall–Kier alpha value is -3.34. The summed E-state index contributed by atoms with van der Waals surface area (Å²) in [5, 5.41) is 3.25. The number of primary amides is 1. The number of nitrogens with two attached hydrogens (primary N) is 1. The molecule has 0 spiro atoms. The van der Waals surface area contributed by atoms with Crippen LogP contribution < -0.4 is 15.8 Å². The number of carbonyl (C=O) groups excluding carboxylic acids is 1. The quantitative estimate of drug-likeness (QED) is 0.638. The van der Waals surface area contributed by atoms with E-state index in [9.17, 15) is 4.79 Å². The molecule has 27 heavy (non-hydrogen) atoms. The van der Waals surface area contributed by atoms with Gasteiger partial charge in [-0.2, -0.15) is 0 Å². The molecule has 0 fully saturated rings. The topological polar surface area (TPSA) is 77.2 Å². The van der Waals surface area contributed by atoms with Crippen LogP contribution in [0.5, 0.6) is 5.75 Å². The number of aromatic nitrogens is 1. The first kappa shape index (κ1) is 18.5. The van der Waals surface area contributed by atoms with E-state index in [4.69, 9.17) is 10.5 Å². The number of pyridine rings is 1. The van der Waals surface area contributed by atoms with Gasteiger partial charge in [-0.25, -0.2) is 4.98 Å². The first-order valence-corrected chi connectivity index (χ1v) is 8.99. The van der Waals surface area contributed by atoms with Gasteiger partial charge in [0.25, 0.3) is 5.91 Å². The lowest BCUT2D eigenvalue weighted by Gasteiger charge is -2.14. The maximum absolute atomic E-state index is 12.1. The first-order valence-electron chi connectivity index (χ1n) is 8.99. The van der Waals surface area contributed by atoms with Crippen molar-refractivity contribution in [2.75, 3.05) is 18.5 Å². The SMILES string of the molecule is CCOc1ccc(-c2ccnc(NCCc3ccccc3)c2C(N)=O)cc1. The van der Waals surface area contributed by atoms with Crippen molar-refractivity contribution in [2.45, 2.75) is 13.3 Å². The minimum atomic E-state index is -0.505. The molecular weight excluding hydrogens is 338 g/mol. The van der Waals surface area contributed by atoms with Crippen molar-refractivity contribution in [1.82, 2.24) is 4.98 Å². The zero-order valence-electron chi connectivity index (χ0n) is 15.3.